The number of aliphatic carboxylic acids is 1. The average Bonchev–Trinajstić information content (AvgIpc) is 2.38. The van der Waals surface area contributed by atoms with Crippen molar-refractivity contribution in [3.8, 4) is 5.75 Å². The number of aromatic amines is 1. The highest BCUT2D eigenvalue weighted by Gasteiger charge is 2.08. The van der Waals surface area contributed by atoms with E-state index in [2.05, 4.69) is 4.98 Å². The molecule has 1 aromatic heterocycles. The number of hydrogen-bond donors (Lipinski definition) is 3. The van der Waals surface area contributed by atoms with Gasteiger partial charge >= 0.3 is 5.97 Å². The van der Waals surface area contributed by atoms with Crippen molar-refractivity contribution < 1.29 is 14.6 Å². The number of nitrogens with two attached hydrogens (primary N) is 1. The standard InChI is InChI=1S/C13H12N2O4.ClH/c1-19-10-4-2-7(6-9(14)13(17)18)8-3-5-11(16)15-12(8)10;/h2-6H,14H2,1H3,(H,15,16)(H,17,18);1H. The first-order chi connectivity index (χ1) is 9.02. The maximum atomic E-state index is 11.3. The fourth-order valence-electron chi connectivity index (χ4n) is 1.77. The molecule has 2 aromatic rings. The number of pyridine rings is 1. The van der Waals surface area contributed by atoms with E-state index in [-0.39, 0.29) is 23.7 Å². The number of H-pyrrole nitrogens is 1. The lowest BCUT2D eigenvalue weighted by molar-refractivity contribution is -0.132. The largest absolute Gasteiger partial charge is 0.495 e. The molecule has 0 atom stereocenters. The second-order valence-corrected chi connectivity index (χ2v) is 3.87. The third kappa shape index (κ3) is 2.92. The van der Waals surface area contributed by atoms with Gasteiger partial charge in [0.1, 0.15) is 11.4 Å². The van der Waals surface area contributed by atoms with E-state index in [1.807, 2.05) is 0 Å². The van der Waals surface area contributed by atoms with Gasteiger partial charge in [-0.2, -0.15) is 0 Å². The number of nitrogens with one attached hydrogen (secondary N) is 1. The van der Waals surface area contributed by atoms with Crippen molar-refractivity contribution in [3.05, 3.63) is 45.9 Å². The zero-order valence-corrected chi connectivity index (χ0v) is 11.4. The molecule has 2 rings (SSSR count). The van der Waals surface area contributed by atoms with Gasteiger partial charge in [0.2, 0.25) is 5.56 Å². The number of carboxylic acids is 1. The highest BCUT2D eigenvalue weighted by atomic mass is 35.5. The summed E-state index contributed by atoms with van der Waals surface area (Å²) in [4.78, 5) is 24.7. The first-order valence-electron chi connectivity index (χ1n) is 5.43. The molecule has 106 valence electrons. The molecular formula is C13H13ClN2O4. The number of aromatic nitrogens is 1. The molecule has 0 unspecified atom stereocenters. The van der Waals surface area contributed by atoms with Crippen molar-refractivity contribution in [2.45, 2.75) is 0 Å². The van der Waals surface area contributed by atoms with Gasteiger partial charge in [0, 0.05) is 11.5 Å². The van der Waals surface area contributed by atoms with E-state index in [9.17, 15) is 9.59 Å². The Morgan fingerprint density at radius 2 is 2.05 bits per heavy atom. The van der Waals surface area contributed by atoms with Crippen LogP contribution in [0.15, 0.2) is 34.8 Å². The van der Waals surface area contributed by atoms with Crippen LogP contribution in [0.3, 0.4) is 0 Å². The highest BCUT2D eigenvalue weighted by molar-refractivity contribution is 5.97. The summed E-state index contributed by atoms with van der Waals surface area (Å²) in [5.41, 5.74) is 5.94. The monoisotopic (exact) mass is 296 g/mol. The molecule has 1 aromatic carbocycles. The molecule has 0 radical (unpaired) electrons. The van der Waals surface area contributed by atoms with Gasteiger partial charge in [0.05, 0.1) is 12.6 Å². The van der Waals surface area contributed by atoms with E-state index in [0.29, 0.717) is 22.2 Å². The van der Waals surface area contributed by atoms with Gasteiger partial charge in [0.25, 0.3) is 0 Å². The molecule has 0 saturated carbocycles. The SMILES string of the molecule is COc1ccc(C=C(N)C(=O)O)c2ccc(=O)[nH]c12.Cl. The van der Waals surface area contributed by atoms with Crippen LogP contribution in [-0.4, -0.2) is 23.2 Å². The number of carbonyl (C=O) groups is 1. The molecule has 1 heterocycles. The Balaban J connectivity index is 0.00000200. The fraction of sp³-hybridized carbons (Fsp3) is 0.0769. The van der Waals surface area contributed by atoms with Crippen LogP contribution in [0, 0.1) is 0 Å². The summed E-state index contributed by atoms with van der Waals surface area (Å²) in [6.07, 6.45) is 1.34. The van der Waals surface area contributed by atoms with E-state index in [4.69, 9.17) is 15.6 Å². The van der Waals surface area contributed by atoms with E-state index >= 15 is 0 Å². The lowest BCUT2D eigenvalue weighted by atomic mass is 10.1. The summed E-state index contributed by atoms with van der Waals surface area (Å²) in [6, 6.07) is 6.27. The molecule has 20 heavy (non-hydrogen) atoms. The van der Waals surface area contributed by atoms with Crippen molar-refractivity contribution in [2.24, 2.45) is 5.73 Å². The maximum Gasteiger partial charge on any atom is 0.351 e. The molecule has 0 aliphatic carbocycles. The number of hydrogen-bond acceptors (Lipinski definition) is 4. The molecule has 6 nitrogen and oxygen atoms in total. The minimum absolute atomic E-state index is 0. The van der Waals surface area contributed by atoms with E-state index in [1.54, 1.807) is 18.2 Å². The van der Waals surface area contributed by atoms with Crippen molar-refractivity contribution in [1.29, 1.82) is 0 Å². The molecule has 0 aliphatic heterocycles. The molecule has 0 aliphatic rings. The van der Waals surface area contributed by atoms with Crippen LogP contribution in [0.25, 0.3) is 17.0 Å². The topological polar surface area (TPSA) is 105 Å². The minimum atomic E-state index is -1.20. The quantitative estimate of drug-likeness (QED) is 0.741. The van der Waals surface area contributed by atoms with Gasteiger partial charge in [-0.05, 0) is 23.8 Å². The molecule has 0 spiro atoms. The lowest BCUT2D eigenvalue weighted by Crippen LogP contribution is -2.09. The average molecular weight is 297 g/mol. The summed E-state index contributed by atoms with van der Waals surface area (Å²) in [6.45, 7) is 0. The summed E-state index contributed by atoms with van der Waals surface area (Å²) in [7, 11) is 1.49. The Morgan fingerprint density at radius 1 is 1.35 bits per heavy atom. The van der Waals surface area contributed by atoms with Crippen LogP contribution in [0.1, 0.15) is 5.56 Å². The molecule has 0 fully saturated rings. The smallest absolute Gasteiger partial charge is 0.351 e. The predicted molar refractivity (Wildman–Crippen MR) is 78.2 cm³/mol. The van der Waals surface area contributed by atoms with Crippen LogP contribution >= 0.6 is 12.4 Å². The van der Waals surface area contributed by atoms with Crippen molar-refractivity contribution in [3.63, 3.8) is 0 Å². The zero-order valence-electron chi connectivity index (χ0n) is 10.5. The van der Waals surface area contributed by atoms with Crippen LogP contribution in [-0.2, 0) is 4.79 Å². The van der Waals surface area contributed by atoms with Crippen molar-refractivity contribution in [2.75, 3.05) is 7.11 Å². The first-order valence-corrected chi connectivity index (χ1v) is 5.43. The van der Waals surface area contributed by atoms with Gasteiger partial charge in [0.15, 0.2) is 0 Å². The second-order valence-electron chi connectivity index (χ2n) is 3.87. The number of carboxylic acid groups (broad SMARTS) is 1. The Labute approximate surface area is 120 Å². The Bertz CT molecular complexity index is 737. The van der Waals surface area contributed by atoms with E-state index in [0.717, 1.165) is 0 Å². The summed E-state index contributed by atoms with van der Waals surface area (Å²) in [5.74, 6) is -0.702. The first kappa shape index (κ1) is 15.6. The number of ether oxygens (including phenoxy) is 1. The van der Waals surface area contributed by atoms with Gasteiger partial charge in [-0.1, -0.05) is 6.07 Å². The van der Waals surface area contributed by atoms with Crippen molar-refractivity contribution >= 4 is 35.4 Å². The summed E-state index contributed by atoms with van der Waals surface area (Å²) >= 11 is 0. The summed E-state index contributed by atoms with van der Waals surface area (Å²) in [5, 5.41) is 9.44. The van der Waals surface area contributed by atoms with E-state index < -0.39 is 5.97 Å². The maximum absolute atomic E-state index is 11.3. The van der Waals surface area contributed by atoms with Crippen molar-refractivity contribution in [1.82, 2.24) is 4.98 Å². The Kier molecular flexibility index (Phi) is 4.77. The molecule has 0 saturated heterocycles. The highest BCUT2D eigenvalue weighted by Crippen LogP contribution is 2.26. The fourth-order valence-corrected chi connectivity index (χ4v) is 1.77. The second kappa shape index (κ2) is 6.12. The normalized spacial score (nSPS) is 10.9. The number of fused-ring (bicyclic) bond motifs is 1. The molecule has 0 amide bonds. The Hall–Kier alpha value is -2.47. The van der Waals surface area contributed by atoms with Gasteiger partial charge < -0.3 is 20.6 Å². The Morgan fingerprint density at radius 3 is 2.65 bits per heavy atom. The van der Waals surface area contributed by atoms with E-state index in [1.165, 1.54) is 19.3 Å². The third-order valence-corrected chi connectivity index (χ3v) is 2.67. The number of methoxy groups -OCH3 is 1. The zero-order chi connectivity index (χ0) is 14.0. The third-order valence-electron chi connectivity index (χ3n) is 2.67. The number of rotatable bonds is 3. The lowest BCUT2D eigenvalue weighted by Gasteiger charge is -2.07. The summed E-state index contributed by atoms with van der Waals surface area (Å²) < 4.78 is 5.15. The molecule has 0 bridgehead atoms. The minimum Gasteiger partial charge on any atom is -0.495 e. The molecule has 7 heteroatoms. The van der Waals surface area contributed by atoms with Crippen LogP contribution in [0.5, 0.6) is 5.75 Å². The molecule has 4 N–H and O–H groups in total. The van der Waals surface area contributed by atoms with Gasteiger partial charge in [-0.15, -0.1) is 12.4 Å². The van der Waals surface area contributed by atoms with Gasteiger partial charge in [-0.25, -0.2) is 4.79 Å². The van der Waals surface area contributed by atoms with Crippen LogP contribution in [0.4, 0.5) is 0 Å². The molecular weight excluding hydrogens is 284 g/mol. The van der Waals surface area contributed by atoms with Gasteiger partial charge in [-0.3, -0.25) is 4.79 Å². The predicted octanol–water partition coefficient (Wildman–Crippen LogP) is 1.34. The van der Waals surface area contributed by atoms with Crippen LogP contribution < -0.4 is 16.0 Å². The number of halogens is 1. The number of benzene rings is 1. The van der Waals surface area contributed by atoms with Crippen LogP contribution in [0.2, 0.25) is 0 Å².